The van der Waals surface area contributed by atoms with Crippen LogP contribution in [0.1, 0.15) is 79.1 Å². The fraction of sp³-hybridized carbons (Fsp3) is 0.650. The van der Waals surface area contributed by atoms with Crippen LogP contribution in [-0.4, -0.2) is 18.1 Å². The summed E-state index contributed by atoms with van der Waals surface area (Å²) in [6.07, 6.45) is 9.24. The Morgan fingerprint density at radius 2 is 1.74 bits per heavy atom. The minimum absolute atomic E-state index is 0. The van der Waals surface area contributed by atoms with E-state index in [1.54, 1.807) is 0 Å². The molecule has 132 valence electrons. The van der Waals surface area contributed by atoms with E-state index in [0.717, 1.165) is 36.8 Å². The molecule has 0 aromatic carbocycles. The third-order valence-electron chi connectivity index (χ3n) is 4.44. The van der Waals surface area contributed by atoms with Gasteiger partial charge in [0.15, 0.2) is 0 Å². The third-order valence-corrected chi connectivity index (χ3v) is 4.44. The predicted molar refractivity (Wildman–Crippen MR) is 97.4 cm³/mol. The highest BCUT2D eigenvalue weighted by Crippen LogP contribution is 2.24. The number of ether oxygens (including phenoxy) is 1. The SMILES string of the molecule is C=C(C)/C(C(=O)OC/C1=C(/C)CCCCCC1)=C(/C)CCC.O. The van der Waals surface area contributed by atoms with Crippen LogP contribution in [0.4, 0.5) is 0 Å². The second-order valence-corrected chi connectivity index (χ2v) is 6.56. The summed E-state index contributed by atoms with van der Waals surface area (Å²) in [6, 6.07) is 0. The highest BCUT2D eigenvalue weighted by molar-refractivity contribution is 5.94. The molecular weight excluding hydrogens is 288 g/mol. The van der Waals surface area contributed by atoms with Gasteiger partial charge in [-0.05, 0) is 64.0 Å². The van der Waals surface area contributed by atoms with Crippen molar-refractivity contribution in [2.24, 2.45) is 0 Å². The highest BCUT2D eigenvalue weighted by atomic mass is 16.5. The minimum atomic E-state index is -0.208. The molecule has 23 heavy (non-hydrogen) atoms. The van der Waals surface area contributed by atoms with E-state index >= 15 is 0 Å². The van der Waals surface area contributed by atoms with Crippen LogP contribution in [0.5, 0.6) is 0 Å². The molecule has 1 aliphatic rings. The lowest BCUT2D eigenvalue weighted by Crippen LogP contribution is -2.14. The first kappa shape index (κ1) is 21.6. The maximum Gasteiger partial charge on any atom is 0.338 e. The van der Waals surface area contributed by atoms with Crippen LogP contribution < -0.4 is 0 Å². The number of allylic oxidation sites excluding steroid dienone is 2. The highest BCUT2D eigenvalue weighted by Gasteiger charge is 2.16. The summed E-state index contributed by atoms with van der Waals surface area (Å²) in [5, 5.41) is 0. The van der Waals surface area contributed by atoms with Crippen molar-refractivity contribution in [2.45, 2.75) is 79.1 Å². The van der Waals surface area contributed by atoms with Crippen LogP contribution in [-0.2, 0) is 9.53 Å². The van der Waals surface area contributed by atoms with Crippen molar-refractivity contribution in [3.8, 4) is 0 Å². The van der Waals surface area contributed by atoms with Gasteiger partial charge in [-0.15, -0.1) is 0 Å². The summed E-state index contributed by atoms with van der Waals surface area (Å²) in [4.78, 5) is 12.4. The summed E-state index contributed by atoms with van der Waals surface area (Å²) >= 11 is 0. The normalized spacial score (nSPS) is 19.8. The fourth-order valence-electron chi connectivity index (χ4n) is 3.11. The van der Waals surface area contributed by atoms with Crippen molar-refractivity contribution in [1.29, 1.82) is 0 Å². The fourth-order valence-corrected chi connectivity index (χ4v) is 3.11. The van der Waals surface area contributed by atoms with Crippen LogP contribution in [0.2, 0.25) is 0 Å². The Morgan fingerprint density at radius 1 is 1.13 bits per heavy atom. The molecule has 0 radical (unpaired) electrons. The Hall–Kier alpha value is -1.35. The van der Waals surface area contributed by atoms with Crippen LogP contribution in [0, 0.1) is 0 Å². The second kappa shape index (κ2) is 11.2. The molecule has 0 fully saturated rings. The van der Waals surface area contributed by atoms with E-state index in [9.17, 15) is 4.79 Å². The van der Waals surface area contributed by atoms with Crippen LogP contribution in [0.15, 0.2) is 34.4 Å². The van der Waals surface area contributed by atoms with Crippen LogP contribution in [0.25, 0.3) is 0 Å². The summed E-state index contributed by atoms with van der Waals surface area (Å²) in [5.41, 5.74) is 5.31. The number of hydrogen-bond donors (Lipinski definition) is 0. The molecule has 0 spiro atoms. The zero-order valence-corrected chi connectivity index (χ0v) is 15.4. The lowest BCUT2D eigenvalue weighted by atomic mass is 9.95. The van der Waals surface area contributed by atoms with E-state index in [0.29, 0.717) is 12.2 Å². The Labute approximate surface area is 141 Å². The van der Waals surface area contributed by atoms with Gasteiger partial charge in [0.25, 0.3) is 0 Å². The van der Waals surface area contributed by atoms with Gasteiger partial charge < -0.3 is 10.2 Å². The van der Waals surface area contributed by atoms with Crippen LogP contribution in [0.3, 0.4) is 0 Å². The van der Waals surface area contributed by atoms with E-state index in [1.165, 1.54) is 36.8 Å². The number of hydrogen-bond acceptors (Lipinski definition) is 2. The zero-order valence-electron chi connectivity index (χ0n) is 15.4. The first-order valence-electron chi connectivity index (χ1n) is 8.67. The molecule has 3 heteroatoms. The van der Waals surface area contributed by atoms with Gasteiger partial charge in [-0.3, -0.25) is 0 Å². The summed E-state index contributed by atoms with van der Waals surface area (Å²) in [7, 11) is 0. The molecule has 1 rings (SSSR count). The molecule has 0 amide bonds. The second-order valence-electron chi connectivity index (χ2n) is 6.56. The van der Waals surface area contributed by atoms with Gasteiger partial charge in [-0.25, -0.2) is 4.79 Å². The first-order chi connectivity index (χ1) is 10.5. The van der Waals surface area contributed by atoms with E-state index in [1.807, 2.05) is 13.8 Å². The lowest BCUT2D eigenvalue weighted by molar-refractivity contribution is -0.137. The molecule has 1 aliphatic carbocycles. The molecule has 0 aliphatic heterocycles. The molecule has 3 nitrogen and oxygen atoms in total. The standard InChI is InChI=1S/C20H32O2.H2O/c1-6-11-17(5)19(15(2)3)20(21)22-14-18-13-10-8-7-9-12-16(18)4;/h2,6-14H2,1,3-5H3;1H2/b18-16-,19-17+;. The average Bonchev–Trinajstić information content (AvgIpc) is 2.42. The Kier molecular flexibility index (Phi) is 10.6. The average molecular weight is 322 g/mol. The number of carbonyl (C=O) groups excluding carboxylic acids is 1. The van der Waals surface area contributed by atoms with Crippen molar-refractivity contribution in [3.63, 3.8) is 0 Å². The Balaban J connectivity index is 0.00000484. The van der Waals surface area contributed by atoms with Crippen molar-refractivity contribution in [1.82, 2.24) is 0 Å². The summed E-state index contributed by atoms with van der Waals surface area (Å²) < 4.78 is 5.62. The van der Waals surface area contributed by atoms with E-state index < -0.39 is 0 Å². The van der Waals surface area contributed by atoms with E-state index in [4.69, 9.17) is 4.74 Å². The Morgan fingerprint density at radius 3 is 2.30 bits per heavy atom. The smallest absolute Gasteiger partial charge is 0.338 e. The zero-order chi connectivity index (χ0) is 16.5. The van der Waals surface area contributed by atoms with Gasteiger partial charge in [0.1, 0.15) is 6.61 Å². The number of carbonyl (C=O) groups is 1. The van der Waals surface area contributed by atoms with Gasteiger partial charge >= 0.3 is 5.97 Å². The summed E-state index contributed by atoms with van der Waals surface area (Å²) in [6.45, 7) is 12.6. The van der Waals surface area contributed by atoms with Gasteiger partial charge in [0.2, 0.25) is 0 Å². The van der Waals surface area contributed by atoms with Crippen LogP contribution >= 0.6 is 0 Å². The molecule has 0 aromatic heterocycles. The van der Waals surface area contributed by atoms with Gasteiger partial charge in [-0.2, -0.15) is 0 Å². The topological polar surface area (TPSA) is 57.8 Å². The molecule has 0 bridgehead atoms. The molecular formula is C20H34O3. The lowest BCUT2D eigenvalue weighted by Gasteiger charge is -2.17. The minimum Gasteiger partial charge on any atom is -0.458 e. The molecule has 2 N–H and O–H groups in total. The maximum atomic E-state index is 12.4. The van der Waals surface area contributed by atoms with Crippen molar-refractivity contribution < 1.29 is 15.0 Å². The quantitative estimate of drug-likeness (QED) is 0.297. The molecule has 0 unspecified atom stereocenters. The van der Waals surface area contributed by atoms with Gasteiger partial charge in [0, 0.05) is 0 Å². The number of esters is 1. The molecule has 0 atom stereocenters. The summed E-state index contributed by atoms with van der Waals surface area (Å²) in [5.74, 6) is -0.208. The van der Waals surface area contributed by atoms with Crippen molar-refractivity contribution in [2.75, 3.05) is 6.61 Å². The first-order valence-corrected chi connectivity index (χ1v) is 8.67. The molecule has 0 saturated carbocycles. The molecule has 0 aromatic rings. The van der Waals surface area contributed by atoms with E-state index in [2.05, 4.69) is 20.4 Å². The predicted octanol–water partition coefficient (Wildman–Crippen LogP) is 5.07. The Bertz CT molecular complexity index is 469. The van der Waals surface area contributed by atoms with Crippen molar-refractivity contribution >= 4 is 5.97 Å². The molecule has 0 saturated heterocycles. The third kappa shape index (κ3) is 7.17. The number of rotatable bonds is 6. The van der Waals surface area contributed by atoms with Gasteiger partial charge in [0.05, 0.1) is 5.57 Å². The van der Waals surface area contributed by atoms with Gasteiger partial charge in [-0.1, -0.05) is 43.9 Å². The van der Waals surface area contributed by atoms with Crippen molar-refractivity contribution in [3.05, 3.63) is 34.4 Å². The van der Waals surface area contributed by atoms with E-state index in [-0.39, 0.29) is 11.4 Å². The molecule has 0 heterocycles. The maximum absolute atomic E-state index is 12.4. The monoisotopic (exact) mass is 322 g/mol. The largest absolute Gasteiger partial charge is 0.458 e.